The molecule has 0 aromatic rings. The van der Waals surface area contributed by atoms with Crippen molar-refractivity contribution in [1.82, 2.24) is 10.2 Å². The van der Waals surface area contributed by atoms with E-state index in [2.05, 4.69) is 17.3 Å². The standard InChI is InChI=1S/C12H24N2O/c1-14(12-2-6-13-10-12)7-3-11-4-8-15-9-5-11/h11-13H,2-10H2,1H3. The lowest BCUT2D eigenvalue weighted by Gasteiger charge is -2.27. The Kier molecular flexibility index (Phi) is 4.42. The molecule has 0 spiro atoms. The third kappa shape index (κ3) is 3.44. The van der Waals surface area contributed by atoms with Gasteiger partial charge < -0.3 is 15.0 Å². The normalized spacial score (nSPS) is 28.8. The van der Waals surface area contributed by atoms with E-state index in [1.54, 1.807) is 0 Å². The van der Waals surface area contributed by atoms with Gasteiger partial charge in [-0.15, -0.1) is 0 Å². The summed E-state index contributed by atoms with van der Waals surface area (Å²) in [7, 11) is 2.27. The predicted octanol–water partition coefficient (Wildman–Crippen LogP) is 1.10. The van der Waals surface area contributed by atoms with Gasteiger partial charge in [-0.25, -0.2) is 0 Å². The van der Waals surface area contributed by atoms with Crippen molar-refractivity contribution >= 4 is 0 Å². The van der Waals surface area contributed by atoms with Crippen molar-refractivity contribution < 1.29 is 4.74 Å². The average Bonchev–Trinajstić information content (AvgIpc) is 2.81. The van der Waals surface area contributed by atoms with E-state index in [-0.39, 0.29) is 0 Å². The van der Waals surface area contributed by atoms with Crippen LogP contribution in [0.5, 0.6) is 0 Å². The summed E-state index contributed by atoms with van der Waals surface area (Å²) < 4.78 is 5.38. The van der Waals surface area contributed by atoms with Crippen molar-refractivity contribution in [3.8, 4) is 0 Å². The molecule has 0 aromatic heterocycles. The maximum atomic E-state index is 5.38. The second-order valence-corrected chi connectivity index (χ2v) is 4.97. The van der Waals surface area contributed by atoms with Gasteiger partial charge in [-0.05, 0) is 51.7 Å². The van der Waals surface area contributed by atoms with Crippen LogP contribution in [0.2, 0.25) is 0 Å². The van der Waals surface area contributed by atoms with Crippen molar-refractivity contribution in [1.29, 1.82) is 0 Å². The predicted molar refractivity (Wildman–Crippen MR) is 62.1 cm³/mol. The van der Waals surface area contributed by atoms with Crippen LogP contribution in [-0.2, 0) is 4.74 Å². The highest BCUT2D eigenvalue weighted by Gasteiger charge is 2.20. The number of nitrogens with one attached hydrogen (secondary N) is 1. The van der Waals surface area contributed by atoms with Gasteiger partial charge in [0.05, 0.1) is 0 Å². The molecule has 2 aliphatic heterocycles. The van der Waals surface area contributed by atoms with Crippen LogP contribution < -0.4 is 5.32 Å². The Labute approximate surface area is 93.2 Å². The molecular formula is C12H24N2O. The molecular weight excluding hydrogens is 188 g/mol. The highest BCUT2D eigenvalue weighted by molar-refractivity contribution is 4.79. The zero-order chi connectivity index (χ0) is 10.5. The third-order valence-electron chi connectivity index (χ3n) is 3.89. The first-order valence-electron chi connectivity index (χ1n) is 6.35. The van der Waals surface area contributed by atoms with Crippen molar-refractivity contribution in [3.63, 3.8) is 0 Å². The van der Waals surface area contributed by atoms with Crippen molar-refractivity contribution in [2.24, 2.45) is 5.92 Å². The zero-order valence-electron chi connectivity index (χ0n) is 9.87. The maximum absolute atomic E-state index is 5.38. The molecule has 0 saturated carbocycles. The molecule has 1 unspecified atom stereocenters. The van der Waals surface area contributed by atoms with E-state index in [1.807, 2.05) is 0 Å². The van der Waals surface area contributed by atoms with E-state index in [4.69, 9.17) is 4.74 Å². The number of hydrogen-bond donors (Lipinski definition) is 1. The molecule has 0 radical (unpaired) electrons. The number of ether oxygens (including phenoxy) is 1. The topological polar surface area (TPSA) is 24.5 Å². The molecule has 15 heavy (non-hydrogen) atoms. The molecule has 0 aliphatic carbocycles. The Morgan fingerprint density at radius 2 is 2.07 bits per heavy atom. The zero-order valence-corrected chi connectivity index (χ0v) is 9.87. The van der Waals surface area contributed by atoms with Crippen LogP contribution in [0.1, 0.15) is 25.7 Å². The summed E-state index contributed by atoms with van der Waals surface area (Å²) in [6, 6.07) is 0.782. The van der Waals surface area contributed by atoms with Gasteiger partial charge in [0, 0.05) is 25.8 Å². The molecule has 1 atom stereocenters. The molecule has 2 rings (SSSR count). The summed E-state index contributed by atoms with van der Waals surface area (Å²) in [5.41, 5.74) is 0. The minimum atomic E-state index is 0.782. The minimum absolute atomic E-state index is 0.782. The quantitative estimate of drug-likeness (QED) is 0.755. The smallest absolute Gasteiger partial charge is 0.0468 e. The van der Waals surface area contributed by atoms with Gasteiger partial charge in [-0.3, -0.25) is 0 Å². The fourth-order valence-electron chi connectivity index (χ4n) is 2.62. The molecule has 1 N–H and O–H groups in total. The Balaban J connectivity index is 1.63. The molecule has 0 bridgehead atoms. The van der Waals surface area contributed by atoms with Crippen LogP contribution in [0.15, 0.2) is 0 Å². The van der Waals surface area contributed by atoms with E-state index in [0.717, 1.165) is 25.2 Å². The molecule has 88 valence electrons. The third-order valence-corrected chi connectivity index (χ3v) is 3.89. The Morgan fingerprint density at radius 3 is 2.73 bits per heavy atom. The van der Waals surface area contributed by atoms with E-state index in [0.29, 0.717) is 0 Å². The van der Waals surface area contributed by atoms with Crippen LogP contribution in [0.4, 0.5) is 0 Å². The van der Waals surface area contributed by atoms with Crippen molar-refractivity contribution in [3.05, 3.63) is 0 Å². The lowest BCUT2D eigenvalue weighted by Crippen LogP contribution is -2.35. The first kappa shape index (κ1) is 11.4. The van der Waals surface area contributed by atoms with Crippen molar-refractivity contribution in [2.75, 3.05) is 39.9 Å². The van der Waals surface area contributed by atoms with Gasteiger partial charge >= 0.3 is 0 Å². The van der Waals surface area contributed by atoms with E-state index >= 15 is 0 Å². The van der Waals surface area contributed by atoms with Crippen LogP contribution in [-0.4, -0.2) is 50.8 Å². The lowest BCUT2D eigenvalue weighted by molar-refractivity contribution is 0.0597. The molecule has 3 heteroatoms. The summed E-state index contributed by atoms with van der Waals surface area (Å²) in [5, 5.41) is 3.43. The van der Waals surface area contributed by atoms with Crippen LogP contribution in [0, 0.1) is 5.92 Å². The molecule has 2 aliphatic rings. The number of rotatable bonds is 4. The lowest BCUT2D eigenvalue weighted by atomic mass is 9.96. The molecule has 2 heterocycles. The summed E-state index contributed by atoms with van der Waals surface area (Å²) in [6.07, 6.45) is 5.23. The summed E-state index contributed by atoms with van der Waals surface area (Å²) >= 11 is 0. The number of nitrogens with zero attached hydrogens (tertiary/aromatic N) is 1. The first-order valence-corrected chi connectivity index (χ1v) is 6.35. The SMILES string of the molecule is CN(CCC1CCOCC1)C1CCNC1. The Bertz CT molecular complexity index is 174. The van der Waals surface area contributed by atoms with Crippen LogP contribution in [0.25, 0.3) is 0 Å². The van der Waals surface area contributed by atoms with E-state index in [1.165, 1.54) is 45.3 Å². The summed E-state index contributed by atoms with van der Waals surface area (Å²) in [5.74, 6) is 0.913. The second-order valence-electron chi connectivity index (χ2n) is 4.97. The number of hydrogen-bond acceptors (Lipinski definition) is 3. The Morgan fingerprint density at radius 1 is 1.27 bits per heavy atom. The van der Waals surface area contributed by atoms with Gasteiger partial charge in [0.1, 0.15) is 0 Å². The fourth-order valence-corrected chi connectivity index (χ4v) is 2.62. The van der Waals surface area contributed by atoms with E-state index < -0.39 is 0 Å². The van der Waals surface area contributed by atoms with Crippen LogP contribution >= 0.6 is 0 Å². The number of likely N-dealkylation sites (N-methyl/N-ethyl adjacent to an activating group) is 1. The molecule has 0 aromatic carbocycles. The molecule has 3 nitrogen and oxygen atoms in total. The molecule has 0 amide bonds. The van der Waals surface area contributed by atoms with Gasteiger partial charge in [0.2, 0.25) is 0 Å². The largest absolute Gasteiger partial charge is 0.381 e. The maximum Gasteiger partial charge on any atom is 0.0468 e. The molecule has 2 saturated heterocycles. The van der Waals surface area contributed by atoms with Gasteiger partial charge in [-0.2, -0.15) is 0 Å². The highest BCUT2D eigenvalue weighted by atomic mass is 16.5. The van der Waals surface area contributed by atoms with Crippen molar-refractivity contribution in [2.45, 2.75) is 31.7 Å². The molecule has 2 fully saturated rings. The van der Waals surface area contributed by atoms with Gasteiger partial charge in [0.25, 0.3) is 0 Å². The highest BCUT2D eigenvalue weighted by Crippen LogP contribution is 2.19. The van der Waals surface area contributed by atoms with Gasteiger partial charge in [-0.1, -0.05) is 0 Å². The van der Waals surface area contributed by atoms with Gasteiger partial charge in [0.15, 0.2) is 0 Å². The monoisotopic (exact) mass is 212 g/mol. The van der Waals surface area contributed by atoms with E-state index in [9.17, 15) is 0 Å². The first-order chi connectivity index (χ1) is 7.36. The second kappa shape index (κ2) is 5.83. The fraction of sp³-hybridized carbons (Fsp3) is 1.00. The summed E-state index contributed by atoms with van der Waals surface area (Å²) in [6.45, 7) is 5.62. The van der Waals surface area contributed by atoms with Crippen LogP contribution in [0.3, 0.4) is 0 Å². The Hall–Kier alpha value is -0.120. The summed E-state index contributed by atoms with van der Waals surface area (Å²) in [4.78, 5) is 2.54. The minimum Gasteiger partial charge on any atom is -0.381 e. The average molecular weight is 212 g/mol.